The molecular weight excluding hydrogens is 351 g/mol. The van der Waals surface area contributed by atoms with E-state index in [1.807, 2.05) is 0 Å². The number of nitrogens with zero attached hydrogens (tertiary/aromatic N) is 2. The highest BCUT2D eigenvalue weighted by molar-refractivity contribution is 7.88. The number of amides is 1. The van der Waals surface area contributed by atoms with Gasteiger partial charge < -0.3 is 9.64 Å². The van der Waals surface area contributed by atoms with Crippen molar-refractivity contribution in [1.82, 2.24) is 9.21 Å². The van der Waals surface area contributed by atoms with Gasteiger partial charge in [0.2, 0.25) is 10.0 Å². The number of piperazine rings is 1. The van der Waals surface area contributed by atoms with E-state index in [1.165, 1.54) is 23.5 Å². The number of ether oxygens (including phenoxy) is 1. The lowest BCUT2D eigenvalue weighted by molar-refractivity contribution is 0.0698. The Hall–Kier alpha value is -1.02. The maximum absolute atomic E-state index is 12.5. The Bertz CT molecular complexity index is 686. The molecule has 1 aliphatic heterocycles. The van der Waals surface area contributed by atoms with Gasteiger partial charge >= 0.3 is 0 Å². The second-order valence-corrected chi connectivity index (χ2v) is 7.72. The molecule has 2 rings (SSSR count). The second-order valence-electron chi connectivity index (χ2n) is 4.92. The summed E-state index contributed by atoms with van der Waals surface area (Å²) >= 11 is 12.1. The SMILES string of the molecule is COc1cc(Cl)c(C(=O)N2CCN(S(C)(=O)=O)CC2)cc1Cl. The van der Waals surface area contributed by atoms with Crippen LogP contribution in [-0.4, -0.2) is 63.1 Å². The van der Waals surface area contributed by atoms with E-state index < -0.39 is 10.0 Å². The van der Waals surface area contributed by atoms with Crippen molar-refractivity contribution in [3.05, 3.63) is 27.7 Å². The summed E-state index contributed by atoms with van der Waals surface area (Å²) in [5.41, 5.74) is 0.278. The largest absolute Gasteiger partial charge is 0.495 e. The minimum atomic E-state index is -3.23. The zero-order valence-electron chi connectivity index (χ0n) is 12.2. The number of carbonyl (C=O) groups is 1. The van der Waals surface area contributed by atoms with E-state index in [0.717, 1.165) is 6.26 Å². The molecule has 0 saturated carbocycles. The quantitative estimate of drug-likeness (QED) is 0.816. The van der Waals surface area contributed by atoms with Gasteiger partial charge in [0.05, 0.1) is 29.0 Å². The summed E-state index contributed by atoms with van der Waals surface area (Å²) in [5.74, 6) is 0.118. The molecule has 0 spiro atoms. The molecule has 0 atom stereocenters. The van der Waals surface area contributed by atoms with Crippen LogP contribution in [-0.2, 0) is 10.0 Å². The van der Waals surface area contributed by atoms with Crippen molar-refractivity contribution in [3.8, 4) is 5.75 Å². The minimum absolute atomic E-state index is 0.247. The maximum Gasteiger partial charge on any atom is 0.255 e. The number of carbonyl (C=O) groups excluding carboxylic acids is 1. The van der Waals surface area contributed by atoms with Gasteiger partial charge in [-0.15, -0.1) is 0 Å². The molecule has 0 aliphatic carbocycles. The highest BCUT2D eigenvalue weighted by Crippen LogP contribution is 2.31. The highest BCUT2D eigenvalue weighted by Gasteiger charge is 2.28. The van der Waals surface area contributed by atoms with Crippen molar-refractivity contribution in [2.45, 2.75) is 0 Å². The van der Waals surface area contributed by atoms with Gasteiger partial charge in [0.25, 0.3) is 5.91 Å². The van der Waals surface area contributed by atoms with Crippen LogP contribution < -0.4 is 4.74 Å². The molecule has 1 aliphatic rings. The standard InChI is InChI=1S/C13H16Cl2N2O4S/c1-21-12-8-10(14)9(7-11(12)15)13(18)16-3-5-17(6-4-16)22(2,19)20/h7-8H,3-6H2,1-2H3. The monoisotopic (exact) mass is 366 g/mol. The molecule has 0 N–H and O–H groups in total. The first kappa shape index (κ1) is 17.3. The first-order chi connectivity index (χ1) is 10.2. The Labute approximate surface area is 139 Å². The number of hydrogen-bond donors (Lipinski definition) is 0. The van der Waals surface area contributed by atoms with Crippen LogP contribution in [0.4, 0.5) is 0 Å². The van der Waals surface area contributed by atoms with Crippen LogP contribution in [0.5, 0.6) is 5.75 Å². The molecule has 1 amide bonds. The number of halogens is 2. The molecule has 122 valence electrons. The molecule has 0 aromatic heterocycles. The van der Waals surface area contributed by atoms with E-state index in [0.29, 0.717) is 23.9 Å². The Morgan fingerprint density at radius 3 is 2.23 bits per heavy atom. The summed E-state index contributed by atoms with van der Waals surface area (Å²) < 4.78 is 29.3. The Morgan fingerprint density at radius 2 is 1.73 bits per heavy atom. The molecule has 6 nitrogen and oxygen atoms in total. The lowest BCUT2D eigenvalue weighted by Crippen LogP contribution is -2.50. The summed E-state index contributed by atoms with van der Waals surface area (Å²) in [7, 11) is -1.77. The second kappa shape index (κ2) is 6.62. The summed E-state index contributed by atoms with van der Waals surface area (Å²) in [5, 5.41) is 0.543. The zero-order chi connectivity index (χ0) is 16.5. The Morgan fingerprint density at radius 1 is 1.14 bits per heavy atom. The molecule has 1 aromatic carbocycles. The van der Waals surface area contributed by atoms with Crippen LogP contribution >= 0.6 is 23.2 Å². The third-order valence-corrected chi connectivity index (χ3v) is 5.38. The number of rotatable bonds is 3. The number of hydrogen-bond acceptors (Lipinski definition) is 4. The zero-order valence-corrected chi connectivity index (χ0v) is 14.5. The first-order valence-corrected chi connectivity index (χ1v) is 9.12. The van der Waals surface area contributed by atoms with Crippen molar-refractivity contribution in [1.29, 1.82) is 0 Å². The van der Waals surface area contributed by atoms with Crippen molar-refractivity contribution in [2.75, 3.05) is 39.5 Å². The van der Waals surface area contributed by atoms with Crippen LogP contribution in [0.3, 0.4) is 0 Å². The van der Waals surface area contributed by atoms with Crippen LogP contribution in [0.2, 0.25) is 10.0 Å². The molecule has 0 radical (unpaired) electrons. The first-order valence-electron chi connectivity index (χ1n) is 6.51. The number of benzene rings is 1. The topological polar surface area (TPSA) is 66.9 Å². The Balaban J connectivity index is 2.15. The van der Waals surface area contributed by atoms with Crippen LogP contribution in [0.15, 0.2) is 12.1 Å². The minimum Gasteiger partial charge on any atom is -0.495 e. The van der Waals surface area contributed by atoms with Gasteiger partial charge in [0.1, 0.15) is 5.75 Å². The fourth-order valence-corrected chi connectivity index (χ4v) is 3.54. The van der Waals surface area contributed by atoms with Gasteiger partial charge in [0, 0.05) is 32.2 Å². The van der Waals surface area contributed by atoms with E-state index in [2.05, 4.69) is 0 Å². The molecule has 22 heavy (non-hydrogen) atoms. The summed E-state index contributed by atoms with van der Waals surface area (Å²) in [6.07, 6.45) is 1.16. The predicted molar refractivity (Wildman–Crippen MR) is 85.3 cm³/mol. The van der Waals surface area contributed by atoms with Gasteiger partial charge in [-0.25, -0.2) is 8.42 Å². The van der Waals surface area contributed by atoms with Gasteiger partial charge in [-0.05, 0) is 6.07 Å². The fraction of sp³-hybridized carbons (Fsp3) is 0.462. The van der Waals surface area contributed by atoms with Crippen molar-refractivity contribution >= 4 is 39.1 Å². The molecule has 1 saturated heterocycles. The smallest absolute Gasteiger partial charge is 0.255 e. The lowest BCUT2D eigenvalue weighted by Gasteiger charge is -2.33. The van der Waals surface area contributed by atoms with Crippen molar-refractivity contribution < 1.29 is 17.9 Å². The average molecular weight is 367 g/mol. The molecule has 1 fully saturated rings. The van der Waals surface area contributed by atoms with E-state index in [4.69, 9.17) is 27.9 Å². The van der Waals surface area contributed by atoms with Gasteiger partial charge in [-0.2, -0.15) is 4.31 Å². The molecule has 9 heteroatoms. The van der Waals surface area contributed by atoms with Gasteiger partial charge in [0.15, 0.2) is 0 Å². The number of sulfonamides is 1. The average Bonchev–Trinajstić information content (AvgIpc) is 2.47. The molecule has 0 bridgehead atoms. The van der Waals surface area contributed by atoms with Crippen LogP contribution in [0.25, 0.3) is 0 Å². The molecule has 1 aromatic rings. The molecule has 1 heterocycles. The summed E-state index contributed by atoms with van der Waals surface area (Å²) in [6.45, 7) is 1.16. The van der Waals surface area contributed by atoms with Crippen LogP contribution in [0.1, 0.15) is 10.4 Å². The fourth-order valence-electron chi connectivity index (χ4n) is 2.24. The third kappa shape index (κ3) is 3.65. The van der Waals surface area contributed by atoms with E-state index in [-0.39, 0.29) is 29.6 Å². The summed E-state index contributed by atoms with van der Waals surface area (Å²) in [6, 6.07) is 2.96. The van der Waals surface area contributed by atoms with E-state index in [1.54, 1.807) is 4.90 Å². The normalized spacial score (nSPS) is 16.6. The number of methoxy groups -OCH3 is 1. The molecular formula is C13H16Cl2N2O4S. The lowest BCUT2D eigenvalue weighted by atomic mass is 10.1. The van der Waals surface area contributed by atoms with Gasteiger partial charge in [-0.1, -0.05) is 23.2 Å². The van der Waals surface area contributed by atoms with E-state index in [9.17, 15) is 13.2 Å². The highest BCUT2D eigenvalue weighted by atomic mass is 35.5. The van der Waals surface area contributed by atoms with Crippen molar-refractivity contribution in [2.24, 2.45) is 0 Å². The van der Waals surface area contributed by atoms with Gasteiger partial charge in [-0.3, -0.25) is 4.79 Å². The van der Waals surface area contributed by atoms with Crippen LogP contribution in [0, 0.1) is 0 Å². The van der Waals surface area contributed by atoms with Crippen molar-refractivity contribution in [3.63, 3.8) is 0 Å². The molecule has 0 unspecified atom stereocenters. The predicted octanol–water partition coefficient (Wildman–Crippen LogP) is 1.72. The van der Waals surface area contributed by atoms with E-state index >= 15 is 0 Å². The summed E-state index contributed by atoms with van der Waals surface area (Å²) in [4.78, 5) is 14.1. The maximum atomic E-state index is 12.5. The third-order valence-electron chi connectivity index (χ3n) is 3.47. The Kier molecular flexibility index (Phi) is 5.21.